The molecular weight excluding hydrogens is 302 g/mol. The molecule has 2 N–H and O–H groups in total. The van der Waals surface area contributed by atoms with E-state index in [1.54, 1.807) is 13.3 Å². The number of nitrogens with one attached hydrogen (secondary N) is 2. The molecule has 2 aromatic rings. The maximum absolute atomic E-state index is 5.67. The Bertz CT molecular complexity index is 568. The lowest BCUT2D eigenvalue weighted by molar-refractivity contribution is 0.135. The summed E-state index contributed by atoms with van der Waals surface area (Å²) in [5.74, 6) is 1.79. The van der Waals surface area contributed by atoms with Crippen molar-refractivity contribution in [2.45, 2.75) is 19.3 Å². The molecule has 0 fully saturated rings. The molecule has 0 aliphatic carbocycles. The van der Waals surface area contributed by atoms with E-state index < -0.39 is 0 Å². The third kappa shape index (κ3) is 7.33. The number of nitrogens with zero attached hydrogens (tertiary/aromatic N) is 1. The third-order valence-corrected chi connectivity index (χ3v) is 3.60. The van der Waals surface area contributed by atoms with Gasteiger partial charge in [0.15, 0.2) is 5.96 Å². The zero-order valence-corrected chi connectivity index (χ0v) is 14.3. The van der Waals surface area contributed by atoms with Gasteiger partial charge in [0.25, 0.3) is 0 Å². The maximum atomic E-state index is 5.67. The quantitative estimate of drug-likeness (QED) is 0.400. The van der Waals surface area contributed by atoms with Crippen LogP contribution in [0.2, 0.25) is 0 Å². The second-order valence-electron chi connectivity index (χ2n) is 5.46. The molecule has 0 aliphatic rings. The highest BCUT2D eigenvalue weighted by Gasteiger charge is 1.99. The molecule has 0 atom stereocenters. The Morgan fingerprint density at radius 3 is 2.58 bits per heavy atom. The molecular formula is C19H27N3O2. The van der Waals surface area contributed by atoms with Gasteiger partial charge in [-0.1, -0.05) is 30.3 Å². The first kappa shape index (κ1) is 18.1. The fourth-order valence-corrected chi connectivity index (χ4v) is 2.30. The van der Waals surface area contributed by atoms with Gasteiger partial charge in [-0.3, -0.25) is 4.99 Å². The summed E-state index contributed by atoms with van der Waals surface area (Å²) in [6.45, 7) is 3.15. The molecule has 0 bridgehead atoms. The lowest BCUT2D eigenvalue weighted by Crippen LogP contribution is -2.39. The summed E-state index contributed by atoms with van der Waals surface area (Å²) in [6, 6.07) is 14.3. The molecule has 2 rings (SSSR count). The van der Waals surface area contributed by atoms with Gasteiger partial charge in [0.05, 0.1) is 12.9 Å². The summed E-state index contributed by atoms with van der Waals surface area (Å²) in [7, 11) is 1.78. The normalized spacial score (nSPS) is 11.5. The SMILES string of the molecule is CN=C(NCCCOCCc1ccccc1)NCCc1ccco1. The summed E-state index contributed by atoms with van der Waals surface area (Å²) in [4.78, 5) is 4.20. The van der Waals surface area contributed by atoms with E-state index >= 15 is 0 Å². The van der Waals surface area contributed by atoms with Crippen LogP contribution in [-0.2, 0) is 17.6 Å². The van der Waals surface area contributed by atoms with Crippen LogP contribution in [0.1, 0.15) is 17.7 Å². The van der Waals surface area contributed by atoms with Crippen LogP contribution >= 0.6 is 0 Å². The fraction of sp³-hybridized carbons (Fsp3) is 0.421. The van der Waals surface area contributed by atoms with Crippen molar-refractivity contribution in [2.24, 2.45) is 4.99 Å². The Kier molecular flexibility index (Phi) is 8.51. The second-order valence-corrected chi connectivity index (χ2v) is 5.46. The molecule has 24 heavy (non-hydrogen) atoms. The molecule has 130 valence electrons. The Hall–Kier alpha value is -2.27. The van der Waals surface area contributed by atoms with Crippen LogP contribution in [0.3, 0.4) is 0 Å². The Labute approximate surface area is 144 Å². The number of rotatable bonds is 10. The Morgan fingerprint density at radius 1 is 1.00 bits per heavy atom. The van der Waals surface area contributed by atoms with Gasteiger partial charge in [-0.2, -0.15) is 0 Å². The van der Waals surface area contributed by atoms with Crippen LogP contribution in [0.15, 0.2) is 58.1 Å². The van der Waals surface area contributed by atoms with Crippen molar-refractivity contribution in [3.63, 3.8) is 0 Å². The lowest BCUT2D eigenvalue weighted by Gasteiger charge is -2.11. The van der Waals surface area contributed by atoms with E-state index in [9.17, 15) is 0 Å². The molecule has 1 aromatic heterocycles. The topological polar surface area (TPSA) is 58.8 Å². The van der Waals surface area contributed by atoms with Crippen molar-refractivity contribution in [1.82, 2.24) is 10.6 Å². The average Bonchev–Trinajstić information content (AvgIpc) is 3.13. The van der Waals surface area contributed by atoms with Crippen LogP contribution in [0.4, 0.5) is 0 Å². The molecule has 0 amide bonds. The fourth-order valence-electron chi connectivity index (χ4n) is 2.30. The van der Waals surface area contributed by atoms with Crippen molar-refractivity contribution in [3.8, 4) is 0 Å². The molecule has 1 heterocycles. The van der Waals surface area contributed by atoms with E-state index in [0.29, 0.717) is 0 Å². The summed E-state index contributed by atoms with van der Waals surface area (Å²) in [6.07, 6.45) is 4.45. The van der Waals surface area contributed by atoms with E-state index in [4.69, 9.17) is 9.15 Å². The standard InChI is InChI=1S/C19H27N3O2/c1-20-19(22-13-10-18-9-5-15-24-18)21-12-6-14-23-16-11-17-7-3-2-4-8-17/h2-5,7-9,15H,6,10-14,16H2,1H3,(H2,20,21,22). The average molecular weight is 329 g/mol. The summed E-state index contributed by atoms with van der Waals surface area (Å²) in [5.41, 5.74) is 1.32. The minimum absolute atomic E-state index is 0.753. The zero-order chi connectivity index (χ0) is 16.9. The highest BCUT2D eigenvalue weighted by atomic mass is 16.5. The second kappa shape index (κ2) is 11.3. The molecule has 0 radical (unpaired) electrons. The predicted molar refractivity (Wildman–Crippen MR) is 97.4 cm³/mol. The van der Waals surface area contributed by atoms with Crippen molar-refractivity contribution >= 4 is 5.96 Å². The van der Waals surface area contributed by atoms with E-state index in [-0.39, 0.29) is 0 Å². The van der Waals surface area contributed by atoms with Crippen molar-refractivity contribution < 1.29 is 9.15 Å². The molecule has 0 aliphatic heterocycles. The zero-order valence-electron chi connectivity index (χ0n) is 14.3. The van der Waals surface area contributed by atoms with Gasteiger partial charge in [-0.25, -0.2) is 0 Å². The molecule has 5 heteroatoms. The Balaban J connectivity index is 1.46. The largest absolute Gasteiger partial charge is 0.469 e. The first-order valence-electron chi connectivity index (χ1n) is 8.47. The summed E-state index contributed by atoms with van der Waals surface area (Å²) < 4.78 is 11.0. The molecule has 0 unspecified atom stereocenters. The van der Waals surface area contributed by atoms with Gasteiger partial charge in [0, 0.05) is 33.2 Å². The van der Waals surface area contributed by atoms with Gasteiger partial charge in [-0.05, 0) is 30.5 Å². The lowest BCUT2D eigenvalue weighted by atomic mass is 10.2. The minimum Gasteiger partial charge on any atom is -0.469 e. The van der Waals surface area contributed by atoms with Gasteiger partial charge < -0.3 is 19.8 Å². The minimum atomic E-state index is 0.753. The van der Waals surface area contributed by atoms with Crippen LogP contribution in [-0.4, -0.2) is 39.3 Å². The third-order valence-electron chi connectivity index (χ3n) is 3.60. The van der Waals surface area contributed by atoms with E-state index in [1.165, 1.54) is 5.56 Å². The van der Waals surface area contributed by atoms with Crippen molar-refractivity contribution in [3.05, 3.63) is 60.1 Å². The van der Waals surface area contributed by atoms with E-state index in [2.05, 4.69) is 39.9 Å². The number of furan rings is 1. The van der Waals surface area contributed by atoms with Crippen molar-refractivity contribution in [2.75, 3.05) is 33.4 Å². The van der Waals surface area contributed by atoms with Gasteiger partial charge in [0.1, 0.15) is 5.76 Å². The highest BCUT2D eigenvalue weighted by molar-refractivity contribution is 5.79. The molecule has 0 saturated heterocycles. The van der Waals surface area contributed by atoms with Crippen LogP contribution in [0, 0.1) is 0 Å². The van der Waals surface area contributed by atoms with Crippen LogP contribution in [0.25, 0.3) is 0 Å². The molecule has 0 saturated carbocycles. The number of benzene rings is 1. The molecule has 0 spiro atoms. The van der Waals surface area contributed by atoms with Gasteiger partial charge in [-0.15, -0.1) is 0 Å². The number of hydrogen-bond acceptors (Lipinski definition) is 3. The van der Waals surface area contributed by atoms with Crippen LogP contribution in [0.5, 0.6) is 0 Å². The van der Waals surface area contributed by atoms with Crippen molar-refractivity contribution in [1.29, 1.82) is 0 Å². The van der Waals surface area contributed by atoms with E-state index in [1.807, 2.05) is 18.2 Å². The summed E-state index contributed by atoms with van der Waals surface area (Å²) in [5, 5.41) is 6.56. The molecule has 1 aromatic carbocycles. The number of aliphatic imine (C=N–C) groups is 1. The predicted octanol–water partition coefficient (Wildman–Crippen LogP) is 2.64. The number of ether oxygens (including phenoxy) is 1. The van der Waals surface area contributed by atoms with Gasteiger partial charge in [0.2, 0.25) is 0 Å². The summed E-state index contributed by atoms with van der Waals surface area (Å²) >= 11 is 0. The van der Waals surface area contributed by atoms with E-state index in [0.717, 1.165) is 57.3 Å². The smallest absolute Gasteiger partial charge is 0.190 e. The maximum Gasteiger partial charge on any atom is 0.190 e. The number of hydrogen-bond donors (Lipinski definition) is 2. The molecule has 5 nitrogen and oxygen atoms in total. The monoisotopic (exact) mass is 329 g/mol. The van der Waals surface area contributed by atoms with Gasteiger partial charge >= 0.3 is 0 Å². The number of guanidine groups is 1. The van der Waals surface area contributed by atoms with Crippen LogP contribution < -0.4 is 10.6 Å². The first-order chi connectivity index (χ1) is 11.9. The first-order valence-corrected chi connectivity index (χ1v) is 8.47. The Morgan fingerprint density at radius 2 is 1.83 bits per heavy atom. The highest BCUT2D eigenvalue weighted by Crippen LogP contribution is 2.00.